The van der Waals surface area contributed by atoms with Gasteiger partial charge in [-0.15, -0.1) is 0 Å². The normalized spacial score (nSPS) is 12.5. The summed E-state index contributed by atoms with van der Waals surface area (Å²) >= 11 is 0. The Morgan fingerprint density at radius 1 is 1.62 bits per heavy atom. The van der Waals surface area contributed by atoms with E-state index in [1.54, 1.807) is 7.11 Å². The lowest BCUT2D eigenvalue weighted by Crippen LogP contribution is -2.26. The van der Waals surface area contributed by atoms with Crippen LogP contribution < -0.4 is 11.1 Å². The second-order valence-electron chi connectivity index (χ2n) is 3.21. The predicted octanol–water partition coefficient (Wildman–Crippen LogP) is 0.267. The van der Waals surface area contributed by atoms with Crippen molar-refractivity contribution >= 4 is 5.91 Å². The molecule has 0 spiro atoms. The molecule has 0 bridgehead atoms. The number of hydrogen-bond donors (Lipinski definition) is 2. The molecule has 1 amide bonds. The molecule has 3 N–H and O–H groups in total. The molecule has 4 nitrogen and oxygen atoms in total. The smallest absolute Gasteiger partial charge is 0.222 e. The van der Waals surface area contributed by atoms with Crippen LogP contribution in [0.4, 0.5) is 0 Å². The molecular weight excluding hydrogens is 168 g/mol. The molecule has 0 aliphatic rings. The molecular formula is C9H20N2O2. The average Bonchev–Trinajstić information content (AvgIpc) is 2.08. The Hall–Kier alpha value is -0.610. The van der Waals surface area contributed by atoms with Crippen molar-refractivity contribution in [1.29, 1.82) is 0 Å². The van der Waals surface area contributed by atoms with Crippen LogP contribution in [0, 0.1) is 0 Å². The molecule has 0 saturated heterocycles. The first-order valence-corrected chi connectivity index (χ1v) is 4.68. The third kappa shape index (κ3) is 9.30. The molecule has 0 aliphatic carbocycles. The summed E-state index contributed by atoms with van der Waals surface area (Å²) < 4.78 is 4.78. The Morgan fingerprint density at radius 3 is 2.85 bits per heavy atom. The summed E-state index contributed by atoms with van der Waals surface area (Å²) in [5.41, 5.74) is 5.56. The van der Waals surface area contributed by atoms with Crippen LogP contribution in [0.2, 0.25) is 0 Å². The van der Waals surface area contributed by atoms with Gasteiger partial charge in [0.15, 0.2) is 0 Å². The molecule has 0 radical (unpaired) electrons. The highest BCUT2D eigenvalue weighted by Crippen LogP contribution is 1.91. The molecule has 1 atom stereocenters. The largest absolute Gasteiger partial charge is 0.384 e. The van der Waals surface area contributed by atoms with Crippen molar-refractivity contribution in [2.24, 2.45) is 5.73 Å². The number of methoxy groups -OCH3 is 1. The maximum Gasteiger partial charge on any atom is 0.222 e. The van der Waals surface area contributed by atoms with Gasteiger partial charge >= 0.3 is 0 Å². The first kappa shape index (κ1) is 12.4. The van der Waals surface area contributed by atoms with Gasteiger partial charge in [-0.05, 0) is 19.8 Å². The third-order valence-electron chi connectivity index (χ3n) is 1.69. The van der Waals surface area contributed by atoms with Crippen molar-refractivity contribution in [2.45, 2.75) is 32.2 Å². The van der Waals surface area contributed by atoms with Gasteiger partial charge in [-0.1, -0.05) is 0 Å². The maximum atomic E-state index is 11.0. The van der Waals surface area contributed by atoms with Gasteiger partial charge < -0.3 is 15.8 Å². The lowest BCUT2D eigenvalue weighted by Gasteiger charge is -2.06. The summed E-state index contributed by atoms with van der Waals surface area (Å²) in [6, 6.07) is 0.218. The van der Waals surface area contributed by atoms with E-state index in [0.717, 1.165) is 12.8 Å². The maximum absolute atomic E-state index is 11.0. The minimum absolute atomic E-state index is 0.0477. The minimum Gasteiger partial charge on any atom is -0.384 e. The number of carbonyl (C=O) groups excluding carboxylic acids is 1. The quantitative estimate of drug-likeness (QED) is 0.563. The number of carbonyl (C=O) groups is 1. The number of nitrogens with one attached hydrogen (secondary N) is 1. The van der Waals surface area contributed by atoms with Gasteiger partial charge in [-0.2, -0.15) is 0 Å². The topological polar surface area (TPSA) is 64.3 Å². The summed E-state index contributed by atoms with van der Waals surface area (Å²) in [6.45, 7) is 3.16. The molecule has 0 rings (SSSR count). The van der Waals surface area contributed by atoms with Crippen LogP contribution in [0.5, 0.6) is 0 Å². The summed E-state index contributed by atoms with van der Waals surface area (Å²) in [4.78, 5) is 11.0. The molecule has 78 valence electrons. The van der Waals surface area contributed by atoms with Crippen molar-refractivity contribution in [2.75, 3.05) is 20.3 Å². The van der Waals surface area contributed by atoms with Crippen LogP contribution >= 0.6 is 0 Å². The predicted molar refractivity (Wildman–Crippen MR) is 52.4 cm³/mol. The van der Waals surface area contributed by atoms with Gasteiger partial charge in [-0.3, -0.25) is 4.79 Å². The molecule has 0 aliphatic heterocycles. The fraction of sp³-hybridized carbons (Fsp3) is 0.889. The van der Waals surface area contributed by atoms with E-state index < -0.39 is 0 Å². The van der Waals surface area contributed by atoms with Crippen LogP contribution in [0.15, 0.2) is 0 Å². The highest BCUT2D eigenvalue weighted by molar-refractivity contribution is 5.75. The summed E-state index contributed by atoms with van der Waals surface area (Å²) in [5.74, 6) is 0.0477. The number of amides is 1. The van der Waals surface area contributed by atoms with Crippen molar-refractivity contribution < 1.29 is 9.53 Å². The Labute approximate surface area is 79.8 Å². The highest BCUT2D eigenvalue weighted by atomic mass is 16.5. The van der Waals surface area contributed by atoms with Gasteiger partial charge in [0.1, 0.15) is 0 Å². The van der Waals surface area contributed by atoms with Gasteiger partial charge in [0, 0.05) is 26.1 Å². The monoisotopic (exact) mass is 188 g/mol. The first-order chi connectivity index (χ1) is 6.16. The van der Waals surface area contributed by atoms with E-state index >= 15 is 0 Å². The minimum atomic E-state index is 0.0477. The fourth-order valence-electron chi connectivity index (χ4n) is 0.935. The van der Waals surface area contributed by atoms with Crippen LogP contribution in [-0.4, -0.2) is 32.2 Å². The molecule has 0 aromatic heterocycles. The van der Waals surface area contributed by atoms with E-state index in [1.165, 1.54) is 0 Å². The van der Waals surface area contributed by atoms with Crippen molar-refractivity contribution in [3.63, 3.8) is 0 Å². The Kier molecular flexibility index (Phi) is 7.63. The van der Waals surface area contributed by atoms with E-state index in [0.29, 0.717) is 19.6 Å². The van der Waals surface area contributed by atoms with Crippen molar-refractivity contribution in [1.82, 2.24) is 5.32 Å². The fourth-order valence-corrected chi connectivity index (χ4v) is 0.935. The summed E-state index contributed by atoms with van der Waals surface area (Å²) in [5, 5.41) is 2.80. The average molecular weight is 188 g/mol. The molecule has 1 unspecified atom stereocenters. The second kappa shape index (κ2) is 8.01. The summed E-state index contributed by atoms with van der Waals surface area (Å²) in [6.07, 6.45) is 2.33. The lowest BCUT2D eigenvalue weighted by molar-refractivity contribution is -0.121. The second-order valence-corrected chi connectivity index (χ2v) is 3.21. The standard InChI is InChI=1S/C9H20N2O2/c1-8(10)4-3-6-11-9(12)5-7-13-2/h8H,3-7,10H2,1-2H3,(H,11,12). The number of nitrogens with two attached hydrogens (primary N) is 1. The molecule has 13 heavy (non-hydrogen) atoms. The lowest BCUT2D eigenvalue weighted by atomic mass is 10.2. The van der Waals surface area contributed by atoms with Gasteiger partial charge in [0.05, 0.1) is 6.61 Å². The number of rotatable bonds is 7. The molecule has 4 heteroatoms. The zero-order valence-corrected chi connectivity index (χ0v) is 8.51. The van der Waals surface area contributed by atoms with E-state index in [9.17, 15) is 4.79 Å². The third-order valence-corrected chi connectivity index (χ3v) is 1.69. The molecule has 0 fully saturated rings. The Balaban J connectivity index is 3.17. The molecule has 0 aromatic carbocycles. The zero-order chi connectivity index (χ0) is 10.1. The van der Waals surface area contributed by atoms with Crippen LogP contribution in [-0.2, 0) is 9.53 Å². The SMILES string of the molecule is COCCC(=O)NCCCC(C)N. The summed E-state index contributed by atoms with van der Waals surface area (Å²) in [7, 11) is 1.59. The van der Waals surface area contributed by atoms with Crippen molar-refractivity contribution in [3.8, 4) is 0 Å². The van der Waals surface area contributed by atoms with Crippen LogP contribution in [0.25, 0.3) is 0 Å². The number of ether oxygens (including phenoxy) is 1. The van der Waals surface area contributed by atoms with E-state index in [2.05, 4.69) is 5.32 Å². The zero-order valence-electron chi connectivity index (χ0n) is 8.51. The molecule has 0 aromatic rings. The van der Waals surface area contributed by atoms with E-state index in [4.69, 9.17) is 10.5 Å². The van der Waals surface area contributed by atoms with E-state index in [-0.39, 0.29) is 11.9 Å². The van der Waals surface area contributed by atoms with Crippen LogP contribution in [0.3, 0.4) is 0 Å². The Bertz CT molecular complexity index is 138. The molecule has 0 heterocycles. The highest BCUT2D eigenvalue weighted by Gasteiger charge is 1.99. The first-order valence-electron chi connectivity index (χ1n) is 4.68. The van der Waals surface area contributed by atoms with Gasteiger partial charge in [0.2, 0.25) is 5.91 Å². The number of hydrogen-bond acceptors (Lipinski definition) is 3. The van der Waals surface area contributed by atoms with Crippen LogP contribution in [0.1, 0.15) is 26.2 Å². The van der Waals surface area contributed by atoms with Gasteiger partial charge in [0.25, 0.3) is 0 Å². The van der Waals surface area contributed by atoms with Crippen molar-refractivity contribution in [3.05, 3.63) is 0 Å². The Morgan fingerprint density at radius 2 is 2.31 bits per heavy atom. The van der Waals surface area contributed by atoms with E-state index in [1.807, 2.05) is 6.92 Å². The molecule has 0 saturated carbocycles. The van der Waals surface area contributed by atoms with Gasteiger partial charge in [-0.25, -0.2) is 0 Å².